The van der Waals surface area contributed by atoms with E-state index in [1.807, 2.05) is 35.6 Å². The van der Waals surface area contributed by atoms with Gasteiger partial charge in [0.05, 0.1) is 33.4 Å². The second-order valence-corrected chi connectivity index (χ2v) is 11.0. The second-order valence-electron chi connectivity index (χ2n) is 9.91. The maximum atomic E-state index is 13.6. The number of phenols is 1. The maximum Gasteiger partial charge on any atom is 0.260 e. The number of phenolic OH excluding ortho intramolecular Hbond substituents is 1. The highest BCUT2D eigenvalue weighted by Crippen LogP contribution is 2.55. The number of allylic oxidation sites excluding steroid dienone is 3. The number of nitrogens with one attached hydrogen (secondary N) is 1. The van der Waals surface area contributed by atoms with E-state index in [2.05, 4.69) is 4.98 Å². The quantitative estimate of drug-likeness (QED) is 0.182. The molecular formula is C30H20INO9. The molecule has 1 heterocycles. The van der Waals surface area contributed by atoms with E-state index in [0.717, 1.165) is 13.2 Å². The third kappa shape index (κ3) is 3.26. The summed E-state index contributed by atoms with van der Waals surface area (Å²) in [4.78, 5) is 68.8. The number of hydrogen-bond donors (Lipinski definition) is 4. The zero-order chi connectivity index (χ0) is 29.5. The van der Waals surface area contributed by atoms with Crippen molar-refractivity contribution in [3.05, 3.63) is 123 Å². The van der Waals surface area contributed by atoms with Crippen LogP contribution in [0.15, 0.2) is 54.3 Å². The van der Waals surface area contributed by atoms with Crippen LogP contribution in [-0.2, 0) is 11.8 Å². The van der Waals surface area contributed by atoms with Crippen LogP contribution < -0.4 is 42.4 Å². The van der Waals surface area contributed by atoms with Crippen LogP contribution in [0.3, 0.4) is 0 Å². The molecule has 206 valence electrons. The van der Waals surface area contributed by atoms with Crippen LogP contribution in [0.25, 0.3) is 28.4 Å². The van der Waals surface area contributed by atoms with Crippen molar-refractivity contribution in [3.8, 4) is 11.5 Å². The van der Waals surface area contributed by atoms with E-state index in [0.29, 0.717) is 20.2 Å². The first-order valence-electron chi connectivity index (χ1n) is 12.5. The standard InChI is InChI=1S/C30H20INO9/c1-3-4-5-6-11-9-13-16(29(40)32-11)26(37)21-12(22(13)31)7-8-30(21)27(38)19-20(28(30)39)25(36)18-17(24(19)35)14(33)10-15(41-2)23(18)34/h3-6,9-10,37-39H,7-8H2,1-2H3,(H,32,40)/t30-/m0/s1. The SMILES string of the molecule is CC=CC=Cc1cc2c(I)c3c(c(O)c2c(=O)[nH]1)[C@@]1(CC3)C(O)=c2c(=O)c3c(=O)cc(OC)c(=O)c=3c(=O)c2=C1O. The minimum atomic E-state index is -1.95. The van der Waals surface area contributed by atoms with Crippen molar-refractivity contribution in [3.63, 3.8) is 0 Å². The molecule has 0 amide bonds. The average molecular weight is 665 g/mol. The van der Waals surface area contributed by atoms with E-state index in [-0.39, 0.29) is 23.8 Å². The summed E-state index contributed by atoms with van der Waals surface area (Å²) in [6.45, 7) is 1.85. The molecule has 1 aromatic carbocycles. The molecule has 1 spiro atoms. The van der Waals surface area contributed by atoms with E-state index < -0.39 is 76.6 Å². The van der Waals surface area contributed by atoms with Crippen LogP contribution in [-0.4, -0.2) is 27.4 Å². The van der Waals surface area contributed by atoms with Crippen LogP contribution in [0.1, 0.15) is 30.2 Å². The third-order valence-corrected chi connectivity index (χ3v) is 9.19. The number of aliphatic hydroxyl groups is 2. The van der Waals surface area contributed by atoms with Crippen LogP contribution in [0, 0.1) is 14.0 Å². The van der Waals surface area contributed by atoms with E-state index in [4.69, 9.17) is 4.74 Å². The molecule has 4 aliphatic carbocycles. The largest absolute Gasteiger partial charge is 0.510 e. The summed E-state index contributed by atoms with van der Waals surface area (Å²) in [7, 11) is 1.13. The molecule has 0 radical (unpaired) electrons. The third-order valence-electron chi connectivity index (χ3n) is 7.96. The molecule has 41 heavy (non-hydrogen) atoms. The highest BCUT2D eigenvalue weighted by atomic mass is 127. The number of H-pyrrole nitrogens is 1. The molecule has 1 atom stereocenters. The normalized spacial score (nSPS) is 18.0. The number of benzene rings is 1. The lowest BCUT2D eigenvalue weighted by Crippen LogP contribution is -2.51. The van der Waals surface area contributed by atoms with Crippen molar-refractivity contribution in [1.29, 1.82) is 0 Å². The van der Waals surface area contributed by atoms with E-state index >= 15 is 0 Å². The monoisotopic (exact) mass is 665 g/mol. The molecule has 1 aromatic heterocycles. The Labute approximate surface area is 242 Å². The summed E-state index contributed by atoms with van der Waals surface area (Å²) in [5.41, 5.74) is -5.76. The minimum absolute atomic E-state index is 0.0200. The molecular weight excluding hydrogens is 645 g/mol. The Bertz CT molecular complexity index is 2410. The van der Waals surface area contributed by atoms with E-state index in [9.17, 15) is 39.3 Å². The Kier molecular flexibility index (Phi) is 5.86. The molecule has 2 aromatic rings. The molecule has 0 fully saturated rings. The Balaban J connectivity index is 1.78. The molecule has 4 N–H and O–H groups in total. The Hall–Kier alpha value is -4.52. The van der Waals surface area contributed by atoms with Gasteiger partial charge in [-0.25, -0.2) is 0 Å². The first-order valence-corrected chi connectivity index (χ1v) is 13.5. The summed E-state index contributed by atoms with van der Waals surface area (Å²) >= 11 is 2.02. The topological polar surface area (TPSA) is 171 Å². The van der Waals surface area contributed by atoms with Gasteiger partial charge in [-0.15, -0.1) is 0 Å². The number of rotatable bonds is 3. The molecule has 0 aliphatic heterocycles. The molecule has 0 saturated carbocycles. The lowest BCUT2D eigenvalue weighted by molar-refractivity contribution is 0.362. The fraction of sp³-hybridized carbons (Fsp3) is 0.167. The Morgan fingerprint density at radius 2 is 1.59 bits per heavy atom. The molecule has 0 bridgehead atoms. The number of aromatic amines is 1. The lowest BCUT2D eigenvalue weighted by atomic mass is 9.78. The van der Waals surface area contributed by atoms with Gasteiger partial charge in [-0.05, 0) is 60.1 Å². The summed E-state index contributed by atoms with van der Waals surface area (Å²) in [6, 6.07) is 2.49. The number of aromatic hydroxyl groups is 1. The first-order chi connectivity index (χ1) is 19.5. The van der Waals surface area contributed by atoms with Gasteiger partial charge in [-0.2, -0.15) is 0 Å². The molecule has 10 nitrogen and oxygen atoms in total. The summed E-state index contributed by atoms with van der Waals surface area (Å²) < 4.78 is 5.48. The number of hydrogen-bond acceptors (Lipinski definition) is 9. The van der Waals surface area contributed by atoms with Crippen molar-refractivity contribution >= 4 is 51.0 Å². The van der Waals surface area contributed by atoms with Crippen molar-refractivity contribution in [2.45, 2.75) is 25.2 Å². The lowest BCUT2D eigenvalue weighted by Gasteiger charge is -2.27. The predicted octanol–water partition coefficient (Wildman–Crippen LogP) is 0.708. The van der Waals surface area contributed by atoms with Crippen LogP contribution in [0.4, 0.5) is 0 Å². The van der Waals surface area contributed by atoms with Gasteiger partial charge in [0.2, 0.25) is 16.3 Å². The summed E-state index contributed by atoms with van der Waals surface area (Å²) in [6.07, 6.45) is 7.17. The molecule has 11 heteroatoms. The van der Waals surface area contributed by atoms with Gasteiger partial charge in [0.25, 0.3) is 5.56 Å². The highest BCUT2D eigenvalue weighted by molar-refractivity contribution is 14.1. The van der Waals surface area contributed by atoms with Crippen molar-refractivity contribution in [2.24, 2.45) is 0 Å². The smallest absolute Gasteiger partial charge is 0.260 e. The number of ether oxygens (including phenoxy) is 1. The Morgan fingerprint density at radius 1 is 0.927 bits per heavy atom. The van der Waals surface area contributed by atoms with Gasteiger partial charge in [0, 0.05) is 26.3 Å². The molecule has 0 unspecified atom stereocenters. The van der Waals surface area contributed by atoms with Crippen LogP contribution in [0.5, 0.6) is 11.5 Å². The Morgan fingerprint density at radius 3 is 2.22 bits per heavy atom. The highest BCUT2D eigenvalue weighted by Gasteiger charge is 2.53. The number of halogens is 1. The van der Waals surface area contributed by atoms with Gasteiger partial charge < -0.3 is 25.0 Å². The van der Waals surface area contributed by atoms with Gasteiger partial charge in [-0.1, -0.05) is 18.2 Å². The van der Waals surface area contributed by atoms with Gasteiger partial charge >= 0.3 is 0 Å². The van der Waals surface area contributed by atoms with Gasteiger partial charge in [-0.3, -0.25) is 24.0 Å². The number of aromatic nitrogens is 1. The molecule has 0 saturated heterocycles. The van der Waals surface area contributed by atoms with E-state index in [1.54, 1.807) is 24.3 Å². The number of pyridine rings is 1. The second kappa shape index (κ2) is 8.99. The van der Waals surface area contributed by atoms with Crippen LogP contribution in [0.2, 0.25) is 0 Å². The summed E-state index contributed by atoms with van der Waals surface area (Å²) in [5.74, 6) is -2.44. The number of aliphatic hydroxyl groups excluding tert-OH is 2. The molecule has 4 aliphatic rings. The zero-order valence-corrected chi connectivity index (χ0v) is 23.7. The fourth-order valence-electron chi connectivity index (χ4n) is 6.17. The van der Waals surface area contributed by atoms with Gasteiger partial charge in [0.1, 0.15) is 22.7 Å². The molecule has 6 rings (SSSR count). The summed E-state index contributed by atoms with van der Waals surface area (Å²) in [5, 5.41) is 32.3. The van der Waals surface area contributed by atoms with Crippen molar-refractivity contribution < 1.29 is 20.1 Å². The maximum absolute atomic E-state index is 13.6. The number of fused-ring (bicyclic) bond motifs is 4. The van der Waals surface area contributed by atoms with E-state index in [1.165, 1.54) is 0 Å². The first kappa shape index (κ1) is 26.7. The minimum Gasteiger partial charge on any atom is -0.510 e. The predicted molar refractivity (Wildman–Crippen MR) is 160 cm³/mol. The van der Waals surface area contributed by atoms with Gasteiger partial charge in [0.15, 0.2) is 11.2 Å². The van der Waals surface area contributed by atoms with Crippen molar-refractivity contribution in [1.82, 2.24) is 4.98 Å². The number of methoxy groups -OCH3 is 1. The zero-order valence-electron chi connectivity index (χ0n) is 21.5. The van der Waals surface area contributed by atoms with Crippen LogP contribution >= 0.6 is 22.6 Å². The average Bonchev–Trinajstić information content (AvgIpc) is 3.45. The van der Waals surface area contributed by atoms with Crippen molar-refractivity contribution in [2.75, 3.05) is 7.11 Å². The fourth-order valence-corrected chi connectivity index (χ4v) is 7.14.